The molecular formula is C10H16N2O2S. The molecule has 0 aliphatic rings. The van der Waals surface area contributed by atoms with E-state index in [0.29, 0.717) is 11.0 Å². The molecule has 0 amide bonds. The number of thiazole rings is 1. The molecule has 0 aliphatic carbocycles. The van der Waals surface area contributed by atoms with Crippen LogP contribution in [0.15, 0.2) is 5.51 Å². The van der Waals surface area contributed by atoms with Crippen LogP contribution in [-0.4, -0.2) is 22.1 Å². The van der Waals surface area contributed by atoms with Gasteiger partial charge in [-0.15, -0.1) is 11.3 Å². The summed E-state index contributed by atoms with van der Waals surface area (Å²) >= 11 is 1.34. The Hall–Kier alpha value is -1.10. The molecule has 1 atom stereocenters. The normalized spacial score (nSPS) is 12.4. The van der Waals surface area contributed by atoms with Crippen molar-refractivity contribution in [2.45, 2.75) is 39.2 Å². The van der Waals surface area contributed by atoms with Crippen molar-refractivity contribution in [1.82, 2.24) is 4.98 Å². The van der Waals surface area contributed by atoms with Gasteiger partial charge in [0, 0.05) is 6.04 Å². The van der Waals surface area contributed by atoms with Gasteiger partial charge >= 0.3 is 5.97 Å². The van der Waals surface area contributed by atoms with Crippen LogP contribution < -0.4 is 5.32 Å². The molecule has 1 unspecified atom stereocenters. The van der Waals surface area contributed by atoms with Crippen LogP contribution in [0.2, 0.25) is 0 Å². The molecule has 0 aromatic carbocycles. The lowest BCUT2D eigenvalue weighted by Gasteiger charge is -2.15. The van der Waals surface area contributed by atoms with Crippen molar-refractivity contribution in [3.05, 3.63) is 11.2 Å². The first-order chi connectivity index (χ1) is 7.19. The van der Waals surface area contributed by atoms with Crippen molar-refractivity contribution < 1.29 is 9.90 Å². The van der Waals surface area contributed by atoms with E-state index in [9.17, 15) is 4.79 Å². The van der Waals surface area contributed by atoms with Gasteiger partial charge in [-0.05, 0) is 12.8 Å². The Kier molecular flexibility index (Phi) is 4.55. The zero-order chi connectivity index (χ0) is 11.3. The second kappa shape index (κ2) is 5.70. The van der Waals surface area contributed by atoms with Crippen molar-refractivity contribution in [1.29, 1.82) is 0 Å². The molecule has 1 heterocycles. The average molecular weight is 228 g/mol. The first-order valence-corrected chi connectivity index (χ1v) is 6.00. The van der Waals surface area contributed by atoms with Gasteiger partial charge in [-0.1, -0.05) is 20.3 Å². The fourth-order valence-corrected chi connectivity index (χ4v) is 2.16. The molecule has 1 aromatic rings. The highest BCUT2D eigenvalue weighted by Gasteiger charge is 2.15. The zero-order valence-electron chi connectivity index (χ0n) is 8.99. The monoisotopic (exact) mass is 228 g/mol. The first-order valence-electron chi connectivity index (χ1n) is 5.12. The Bertz CT molecular complexity index is 325. The van der Waals surface area contributed by atoms with Crippen LogP contribution in [0.25, 0.3) is 0 Å². The SMILES string of the molecule is CCCC(CC)Nc1scnc1C(=O)O. The molecule has 2 N–H and O–H groups in total. The second-order valence-electron chi connectivity index (χ2n) is 3.37. The van der Waals surface area contributed by atoms with Crippen molar-refractivity contribution in [3.8, 4) is 0 Å². The van der Waals surface area contributed by atoms with Gasteiger partial charge in [-0.25, -0.2) is 9.78 Å². The lowest BCUT2D eigenvalue weighted by Crippen LogP contribution is -2.18. The number of nitrogens with zero attached hydrogens (tertiary/aromatic N) is 1. The first kappa shape index (κ1) is 12.0. The van der Waals surface area contributed by atoms with Crippen LogP contribution in [0.1, 0.15) is 43.6 Å². The van der Waals surface area contributed by atoms with Crippen LogP contribution in [0.4, 0.5) is 5.00 Å². The molecule has 0 saturated carbocycles. The van der Waals surface area contributed by atoms with E-state index in [1.807, 2.05) is 0 Å². The molecule has 1 aromatic heterocycles. The summed E-state index contributed by atoms with van der Waals surface area (Å²) in [7, 11) is 0. The van der Waals surface area contributed by atoms with Crippen molar-refractivity contribution >= 4 is 22.3 Å². The van der Waals surface area contributed by atoms with E-state index < -0.39 is 5.97 Å². The molecule has 0 radical (unpaired) electrons. The third kappa shape index (κ3) is 3.20. The molecule has 0 saturated heterocycles. The molecule has 0 bridgehead atoms. The predicted molar refractivity (Wildman–Crippen MR) is 61.7 cm³/mol. The highest BCUT2D eigenvalue weighted by molar-refractivity contribution is 7.14. The van der Waals surface area contributed by atoms with E-state index in [4.69, 9.17) is 5.11 Å². The van der Waals surface area contributed by atoms with Gasteiger partial charge < -0.3 is 10.4 Å². The van der Waals surface area contributed by atoms with Gasteiger partial charge in [0.1, 0.15) is 5.00 Å². The molecule has 0 fully saturated rings. The highest BCUT2D eigenvalue weighted by atomic mass is 32.1. The summed E-state index contributed by atoms with van der Waals surface area (Å²) in [5, 5.41) is 12.8. The van der Waals surface area contributed by atoms with Crippen LogP contribution in [0.5, 0.6) is 0 Å². The Morgan fingerprint density at radius 1 is 1.67 bits per heavy atom. The number of aromatic carboxylic acids is 1. The summed E-state index contributed by atoms with van der Waals surface area (Å²) in [5.74, 6) is -0.967. The summed E-state index contributed by atoms with van der Waals surface area (Å²) in [6, 6.07) is 0.341. The van der Waals surface area contributed by atoms with E-state index in [1.54, 1.807) is 5.51 Å². The number of anilines is 1. The maximum absolute atomic E-state index is 10.8. The summed E-state index contributed by atoms with van der Waals surface area (Å²) in [6.45, 7) is 4.21. The fourth-order valence-electron chi connectivity index (χ4n) is 1.41. The zero-order valence-corrected chi connectivity index (χ0v) is 9.80. The number of hydrogen-bond acceptors (Lipinski definition) is 4. The number of carbonyl (C=O) groups is 1. The van der Waals surface area contributed by atoms with Crippen LogP contribution >= 0.6 is 11.3 Å². The highest BCUT2D eigenvalue weighted by Crippen LogP contribution is 2.22. The van der Waals surface area contributed by atoms with Gasteiger partial charge in [-0.3, -0.25) is 0 Å². The molecule has 1 rings (SSSR count). The van der Waals surface area contributed by atoms with Crippen molar-refractivity contribution in [2.75, 3.05) is 5.32 Å². The molecule has 0 aliphatic heterocycles. The van der Waals surface area contributed by atoms with Crippen molar-refractivity contribution in [3.63, 3.8) is 0 Å². The number of hydrogen-bond donors (Lipinski definition) is 2. The third-order valence-corrected chi connectivity index (χ3v) is 2.99. The summed E-state index contributed by atoms with van der Waals surface area (Å²) < 4.78 is 0. The van der Waals surface area contributed by atoms with E-state index in [-0.39, 0.29) is 5.69 Å². The summed E-state index contributed by atoms with van der Waals surface area (Å²) in [4.78, 5) is 14.6. The third-order valence-electron chi connectivity index (χ3n) is 2.24. The Morgan fingerprint density at radius 2 is 2.40 bits per heavy atom. The number of rotatable bonds is 6. The van der Waals surface area contributed by atoms with Crippen LogP contribution in [0.3, 0.4) is 0 Å². The quantitative estimate of drug-likeness (QED) is 0.786. The van der Waals surface area contributed by atoms with E-state index in [2.05, 4.69) is 24.1 Å². The lowest BCUT2D eigenvalue weighted by atomic mass is 10.1. The summed E-state index contributed by atoms with van der Waals surface area (Å²) in [6.07, 6.45) is 3.13. The molecule has 5 heteroatoms. The number of carboxylic acid groups (broad SMARTS) is 1. The lowest BCUT2D eigenvalue weighted by molar-refractivity contribution is 0.0692. The molecule has 4 nitrogen and oxygen atoms in total. The van der Waals surface area contributed by atoms with E-state index in [0.717, 1.165) is 19.3 Å². The van der Waals surface area contributed by atoms with Gasteiger partial charge in [0.15, 0.2) is 5.69 Å². The van der Waals surface area contributed by atoms with Gasteiger partial charge in [-0.2, -0.15) is 0 Å². The van der Waals surface area contributed by atoms with Gasteiger partial charge in [0.05, 0.1) is 5.51 Å². The van der Waals surface area contributed by atoms with E-state index >= 15 is 0 Å². The molecule has 15 heavy (non-hydrogen) atoms. The predicted octanol–water partition coefficient (Wildman–Crippen LogP) is 2.83. The Balaban J connectivity index is 2.70. The molecular weight excluding hydrogens is 212 g/mol. The Morgan fingerprint density at radius 3 is 2.93 bits per heavy atom. The topological polar surface area (TPSA) is 62.2 Å². The number of nitrogens with one attached hydrogen (secondary N) is 1. The van der Waals surface area contributed by atoms with Crippen LogP contribution in [0, 0.1) is 0 Å². The second-order valence-corrected chi connectivity index (χ2v) is 4.23. The standard InChI is InChI=1S/C10H16N2O2S/c1-3-5-7(4-2)12-9-8(10(13)14)11-6-15-9/h6-7,12H,3-5H2,1-2H3,(H,13,14). The Labute approximate surface area is 93.4 Å². The van der Waals surface area contributed by atoms with Crippen LogP contribution in [-0.2, 0) is 0 Å². The number of carboxylic acids is 1. The van der Waals surface area contributed by atoms with Gasteiger partial charge in [0.2, 0.25) is 0 Å². The molecule has 84 valence electrons. The van der Waals surface area contributed by atoms with Crippen molar-refractivity contribution in [2.24, 2.45) is 0 Å². The van der Waals surface area contributed by atoms with Gasteiger partial charge in [0.25, 0.3) is 0 Å². The minimum atomic E-state index is -0.967. The summed E-state index contributed by atoms with van der Waals surface area (Å²) in [5.41, 5.74) is 1.69. The average Bonchev–Trinajstić information content (AvgIpc) is 2.65. The number of aromatic nitrogens is 1. The maximum atomic E-state index is 10.8. The smallest absolute Gasteiger partial charge is 0.357 e. The fraction of sp³-hybridized carbons (Fsp3) is 0.600. The minimum absolute atomic E-state index is 0.134. The maximum Gasteiger partial charge on any atom is 0.357 e. The minimum Gasteiger partial charge on any atom is -0.476 e. The van der Waals surface area contributed by atoms with E-state index in [1.165, 1.54) is 11.3 Å². The molecule has 0 spiro atoms. The largest absolute Gasteiger partial charge is 0.476 e.